The first kappa shape index (κ1) is 33.6. The Hall–Kier alpha value is -5.26. The van der Waals surface area contributed by atoms with Crippen molar-refractivity contribution in [3.8, 4) is 11.5 Å². The molecule has 5 aromatic rings. The molecule has 5 aromatic carbocycles. The second kappa shape index (κ2) is 13.9. The SMILES string of the molecule is CC[C@H](C)COC1=C[C@@]23C=C(OCc4cc(OCc5ccccc5)cc(OCc5ccccc5)c4)[C@@H]1C1c4ccccc4C2(COC3)c2ccccc21. The molecule has 12 rings (SSSR count). The fourth-order valence-electron chi connectivity index (χ4n) is 8.95. The van der Waals surface area contributed by atoms with Crippen molar-refractivity contribution in [1.82, 2.24) is 0 Å². The maximum atomic E-state index is 7.09. The Morgan fingerprint density at radius 3 is 1.70 bits per heavy atom. The summed E-state index contributed by atoms with van der Waals surface area (Å²) in [6.45, 7) is 7.57. The molecule has 0 aromatic heterocycles. The van der Waals surface area contributed by atoms with Gasteiger partial charge in [-0.3, -0.25) is 0 Å². The molecule has 53 heavy (non-hydrogen) atoms. The molecule has 5 heteroatoms. The van der Waals surface area contributed by atoms with Gasteiger partial charge >= 0.3 is 0 Å². The average molecular weight is 703 g/mol. The van der Waals surface area contributed by atoms with Gasteiger partial charge in [0.2, 0.25) is 0 Å². The summed E-state index contributed by atoms with van der Waals surface area (Å²) in [6, 6.07) is 44.6. The van der Waals surface area contributed by atoms with Gasteiger partial charge in [-0.1, -0.05) is 129 Å². The minimum atomic E-state index is -0.480. The topological polar surface area (TPSA) is 46.2 Å². The van der Waals surface area contributed by atoms with Gasteiger partial charge < -0.3 is 23.7 Å². The van der Waals surface area contributed by atoms with Crippen LogP contribution in [0.1, 0.15) is 65.1 Å². The number of rotatable bonds is 13. The summed E-state index contributed by atoms with van der Waals surface area (Å²) in [5.41, 5.74) is 7.72. The second-order valence-corrected chi connectivity index (χ2v) is 15.1. The normalized spacial score (nSPS) is 23.7. The van der Waals surface area contributed by atoms with Gasteiger partial charge in [-0.25, -0.2) is 0 Å². The highest BCUT2D eigenvalue weighted by molar-refractivity contribution is 5.65. The maximum Gasteiger partial charge on any atom is 0.123 e. The van der Waals surface area contributed by atoms with Crippen LogP contribution in [0.2, 0.25) is 0 Å². The van der Waals surface area contributed by atoms with Gasteiger partial charge in [0.25, 0.3) is 0 Å². The molecule has 0 N–H and O–H groups in total. The van der Waals surface area contributed by atoms with Crippen LogP contribution in [-0.4, -0.2) is 19.8 Å². The van der Waals surface area contributed by atoms with Crippen molar-refractivity contribution in [2.45, 2.75) is 51.4 Å². The van der Waals surface area contributed by atoms with Gasteiger partial charge in [-0.05, 0) is 69.1 Å². The van der Waals surface area contributed by atoms with E-state index in [9.17, 15) is 0 Å². The van der Waals surface area contributed by atoms with Gasteiger partial charge in [0, 0.05) is 12.0 Å². The van der Waals surface area contributed by atoms with E-state index in [0.29, 0.717) is 45.6 Å². The number of benzene rings is 5. The van der Waals surface area contributed by atoms with E-state index in [1.807, 2.05) is 42.5 Å². The molecule has 0 saturated carbocycles. The van der Waals surface area contributed by atoms with Gasteiger partial charge in [0.15, 0.2) is 0 Å². The minimum Gasteiger partial charge on any atom is -0.497 e. The predicted molar refractivity (Wildman–Crippen MR) is 207 cm³/mol. The van der Waals surface area contributed by atoms with E-state index in [1.54, 1.807) is 0 Å². The highest BCUT2D eigenvalue weighted by Gasteiger charge is 2.64. The van der Waals surface area contributed by atoms with Crippen molar-refractivity contribution in [2.75, 3.05) is 19.8 Å². The van der Waals surface area contributed by atoms with Crippen LogP contribution < -0.4 is 9.47 Å². The molecule has 3 atom stereocenters. The monoisotopic (exact) mass is 702 g/mol. The quantitative estimate of drug-likeness (QED) is 0.122. The maximum absolute atomic E-state index is 7.09. The third-order valence-electron chi connectivity index (χ3n) is 11.8. The van der Waals surface area contributed by atoms with E-state index in [2.05, 4.69) is 111 Å². The van der Waals surface area contributed by atoms with Crippen molar-refractivity contribution < 1.29 is 23.7 Å². The van der Waals surface area contributed by atoms with Crippen LogP contribution >= 0.6 is 0 Å². The molecule has 1 aliphatic heterocycles. The summed E-state index contributed by atoms with van der Waals surface area (Å²) >= 11 is 0. The molecule has 1 saturated heterocycles. The first-order valence-corrected chi connectivity index (χ1v) is 19.0. The van der Waals surface area contributed by atoms with Gasteiger partial charge in [-0.15, -0.1) is 0 Å². The summed E-state index contributed by atoms with van der Waals surface area (Å²) < 4.78 is 33.3. The lowest BCUT2D eigenvalue weighted by molar-refractivity contribution is 0.0863. The van der Waals surface area contributed by atoms with Gasteiger partial charge in [0.1, 0.15) is 42.8 Å². The molecular formula is C48H46O5. The zero-order valence-corrected chi connectivity index (χ0v) is 30.5. The van der Waals surface area contributed by atoms with E-state index < -0.39 is 10.8 Å². The van der Waals surface area contributed by atoms with Crippen LogP contribution in [-0.2, 0) is 39.4 Å². The Kier molecular flexibility index (Phi) is 8.83. The van der Waals surface area contributed by atoms with E-state index in [4.69, 9.17) is 23.7 Å². The van der Waals surface area contributed by atoms with E-state index in [0.717, 1.165) is 46.1 Å². The molecule has 268 valence electrons. The van der Waals surface area contributed by atoms with Gasteiger partial charge in [0.05, 0.1) is 36.6 Å². The molecule has 1 fully saturated rings. The van der Waals surface area contributed by atoms with Crippen LogP contribution in [0.5, 0.6) is 11.5 Å². The van der Waals surface area contributed by atoms with E-state index >= 15 is 0 Å². The lowest BCUT2D eigenvalue weighted by Gasteiger charge is -2.54. The highest BCUT2D eigenvalue weighted by Crippen LogP contribution is 2.66. The van der Waals surface area contributed by atoms with Crippen LogP contribution in [0, 0.1) is 17.3 Å². The fraction of sp³-hybridized carbons (Fsp3) is 0.292. The molecular weight excluding hydrogens is 657 g/mol. The third kappa shape index (κ3) is 5.92. The molecule has 2 spiro atoms. The summed E-state index contributed by atoms with van der Waals surface area (Å²) in [4.78, 5) is 0. The zero-order valence-electron chi connectivity index (χ0n) is 30.5. The minimum absolute atomic E-state index is 0.0339. The van der Waals surface area contributed by atoms with Crippen molar-refractivity contribution >= 4 is 0 Å². The van der Waals surface area contributed by atoms with E-state index in [1.165, 1.54) is 22.3 Å². The smallest absolute Gasteiger partial charge is 0.123 e. The molecule has 6 aliphatic carbocycles. The van der Waals surface area contributed by atoms with Crippen LogP contribution in [0.15, 0.2) is 151 Å². The molecule has 1 heterocycles. The van der Waals surface area contributed by atoms with Crippen LogP contribution in [0.4, 0.5) is 0 Å². The Morgan fingerprint density at radius 2 is 1.11 bits per heavy atom. The Morgan fingerprint density at radius 1 is 0.585 bits per heavy atom. The average Bonchev–Trinajstić information content (AvgIpc) is 3.53. The standard InChI is InChI=1S/C48H46O5/c1-3-33(2)27-52-43-25-47-26-44(46(43)45-39-18-10-12-20-41(39)48(47,32-49-31-47)42-21-13-11-19-40(42)45)53-30-36-22-37(50-28-34-14-6-4-7-15-34)24-38(23-36)51-29-35-16-8-5-9-17-35/h4-26,33,45-46H,3,27-32H2,1-2H3/t33-,45?,46+,47-,48?/m0/s1. The van der Waals surface area contributed by atoms with Crippen LogP contribution in [0.3, 0.4) is 0 Å². The van der Waals surface area contributed by atoms with Crippen molar-refractivity contribution in [1.29, 1.82) is 0 Å². The Balaban J connectivity index is 1.10. The zero-order chi connectivity index (χ0) is 35.8. The number of ether oxygens (including phenoxy) is 5. The molecule has 0 amide bonds. The van der Waals surface area contributed by atoms with Crippen molar-refractivity contribution in [3.05, 3.63) is 190 Å². The summed E-state index contributed by atoms with van der Waals surface area (Å²) in [7, 11) is 0. The number of hydrogen-bond acceptors (Lipinski definition) is 5. The summed E-state index contributed by atoms with van der Waals surface area (Å²) in [5.74, 6) is 3.77. The van der Waals surface area contributed by atoms with Crippen molar-refractivity contribution in [2.24, 2.45) is 17.3 Å². The summed E-state index contributed by atoms with van der Waals surface area (Å²) in [6.07, 6.45) is 5.86. The van der Waals surface area contributed by atoms with Crippen molar-refractivity contribution in [3.63, 3.8) is 0 Å². The molecule has 4 bridgehead atoms. The first-order chi connectivity index (χ1) is 26.1. The van der Waals surface area contributed by atoms with E-state index in [-0.39, 0.29) is 11.8 Å². The Bertz CT molecular complexity index is 2040. The predicted octanol–water partition coefficient (Wildman–Crippen LogP) is 10.3. The second-order valence-electron chi connectivity index (χ2n) is 15.1. The largest absolute Gasteiger partial charge is 0.497 e. The first-order valence-electron chi connectivity index (χ1n) is 19.0. The number of hydrogen-bond donors (Lipinski definition) is 0. The lowest BCUT2D eigenvalue weighted by Crippen LogP contribution is -2.52. The molecule has 0 unspecified atom stereocenters. The fourth-order valence-corrected chi connectivity index (χ4v) is 8.95. The Labute approximate surface area is 312 Å². The third-order valence-corrected chi connectivity index (χ3v) is 11.8. The van der Waals surface area contributed by atoms with Gasteiger partial charge in [-0.2, -0.15) is 0 Å². The van der Waals surface area contributed by atoms with Crippen LogP contribution in [0.25, 0.3) is 0 Å². The highest BCUT2D eigenvalue weighted by atomic mass is 16.5. The molecule has 7 aliphatic rings. The molecule has 5 nitrogen and oxygen atoms in total. The lowest BCUT2D eigenvalue weighted by atomic mass is 9.48. The summed E-state index contributed by atoms with van der Waals surface area (Å²) in [5, 5.41) is 0. The molecule has 0 radical (unpaired) electrons.